The fourth-order valence-electron chi connectivity index (χ4n) is 0.563. The highest BCUT2D eigenvalue weighted by Crippen LogP contribution is 2.32. The van der Waals surface area contributed by atoms with E-state index in [1.807, 2.05) is 0 Å². The third-order valence-electron chi connectivity index (χ3n) is 1.33. The molecule has 0 bridgehead atoms. The molecule has 0 spiro atoms. The van der Waals surface area contributed by atoms with Crippen molar-refractivity contribution >= 4 is 5.71 Å². The molecule has 0 fully saturated rings. The Morgan fingerprint density at radius 2 is 1.83 bits per heavy atom. The lowest BCUT2D eigenvalue weighted by Crippen LogP contribution is -2.44. The largest absolute Gasteiger partial charge is 0.417 e. The zero-order valence-electron chi connectivity index (χ0n) is 6.37. The van der Waals surface area contributed by atoms with Crippen LogP contribution in [0.3, 0.4) is 0 Å². The van der Waals surface area contributed by atoms with Crippen LogP contribution >= 0.6 is 0 Å². The van der Waals surface area contributed by atoms with E-state index in [-0.39, 0.29) is 0 Å². The summed E-state index contributed by atoms with van der Waals surface area (Å²) in [4.78, 5) is 0. The molecule has 12 heavy (non-hydrogen) atoms. The second kappa shape index (κ2) is 3.38. The Bertz CT molecular complexity index is 175. The maximum atomic E-state index is 11.9. The van der Waals surface area contributed by atoms with E-state index in [2.05, 4.69) is 0 Å². The molecule has 0 aliphatic heterocycles. The van der Waals surface area contributed by atoms with Crippen molar-refractivity contribution < 1.29 is 22.7 Å². The van der Waals surface area contributed by atoms with Gasteiger partial charge in [-0.2, -0.15) is 13.2 Å². The summed E-state index contributed by atoms with van der Waals surface area (Å²) < 4.78 is 47.2. The van der Waals surface area contributed by atoms with E-state index in [1.54, 1.807) is 0 Å². The van der Waals surface area contributed by atoms with E-state index < -0.39 is 30.6 Å². The smallest absolute Gasteiger partial charge is 0.380 e. The third-order valence-corrected chi connectivity index (χ3v) is 1.33. The molecule has 2 nitrogen and oxygen atoms in total. The quantitative estimate of drug-likeness (QED) is 0.512. The van der Waals surface area contributed by atoms with Crippen LogP contribution in [0.5, 0.6) is 0 Å². The van der Waals surface area contributed by atoms with Crippen LogP contribution in [0.1, 0.15) is 13.3 Å². The van der Waals surface area contributed by atoms with Gasteiger partial charge in [0.25, 0.3) is 0 Å². The fourth-order valence-corrected chi connectivity index (χ4v) is 0.563. The number of hydrogen-bond donors (Lipinski definition) is 2. The van der Waals surface area contributed by atoms with Gasteiger partial charge in [-0.15, -0.1) is 0 Å². The number of rotatable bonds is 3. The molecule has 0 aromatic rings. The maximum absolute atomic E-state index is 11.9. The number of alkyl halides is 4. The Morgan fingerprint density at radius 3 is 2.08 bits per heavy atom. The van der Waals surface area contributed by atoms with Crippen LogP contribution < -0.4 is 0 Å². The lowest BCUT2D eigenvalue weighted by molar-refractivity contribution is -0.249. The summed E-state index contributed by atoms with van der Waals surface area (Å²) >= 11 is 0. The molecule has 1 unspecified atom stereocenters. The highest BCUT2D eigenvalue weighted by atomic mass is 19.4. The summed E-state index contributed by atoms with van der Waals surface area (Å²) in [5, 5.41) is 15.4. The van der Waals surface area contributed by atoms with Gasteiger partial charge in [-0.05, 0) is 6.92 Å². The van der Waals surface area contributed by atoms with Crippen LogP contribution in [-0.2, 0) is 0 Å². The molecule has 0 heterocycles. The van der Waals surface area contributed by atoms with Gasteiger partial charge < -0.3 is 10.5 Å². The first-order chi connectivity index (χ1) is 5.20. The van der Waals surface area contributed by atoms with Crippen LogP contribution in [0.2, 0.25) is 0 Å². The molecule has 2 N–H and O–H groups in total. The maximum Gasteiger partial charge on any atom is 0.417 e. The Labute approximate surface area is 66.7 Å². The molecular weight excluding hydrogens is 178 g/mol. The Kier molecular flexibility index (Phi) is 3.20. The van der Waals surface area contributed by atoms with Gasteiger partial charge in [-0.25, -0.2) is 4.39 Å². The van der Waals surface area contributed by atoms with Crippen molar-refractivity contribution in [1.29, 1.82) is 5.41 Å². The molecule has 0 aliphatic carbocycles. The highest BCUT2D eigenvalue weighted by molar-refractivity contribution is 5.83. The fraction of sp³-hybridized carbons (Fsp3) is 0.833. The minimum Gasteiger partial charge on any atom is -0.380 e. The molecule has 0 aliphatic rings. The predicted molar refractivity (Wildman–Crippen MR) is 35.0 cm³/mol. The number of nitrogens with one attached hydrogen (secondary N) is 1. The van der Waals surface area contributed by atoms with Crippen molar-refractivity contribution in [3.63, 3.8) is 0 Å². The molecule has 0 amide bonds. The number of halogens is 4. The molecular formula is C6H9F4NO. The highest BCUT2D eigenvalue weighted by Gasteiger charge is 2.50. The van der Waals surface area contributed by atoms with Gasteiger partial charge in [0.1, 0.15) is 6.67 Å². The molecule has 6 heteroatoms. The standard InChI is InChI=1S/C6H9F4NO/c1-5(12,6(8,9)10)2-4(11)3-7/h11-12H,2-3H2,1H3. The molecule has 0 aromatic carbocycles. The summed E-state index contributed by atoms with van der Waals surface area (Å²) in [6.07, 6.45) is -5.85. The Balaban J connectivity index is 4.33. The number of hydrogen-bond acceptors (Lipinski definition) is 2. The lowest BCUT2D eigenvalue weighted by atomic mass is 9.99. The van der Waals surface area contributed by atoms with Crippen molar-refractivity contribution in [1.82, 2.24) is 0 Å². The SMILES string of the molecule is CC(O)(CC(=N)CF)C(F)(F)F. The van der Waals surface area contributed by atoms with E-state index >= 15 is 0 Å². The van der Waals surface area contributed by atoms with Gasteiger partial charge in [0, 0.05) is 12.1 Å². The van der Waals surface area contributed by atoms with Gasteiger partial charge >= 0.3 is 6.18 Å². The Morgan fingerprint density at radius 1 is 1.42 bits per heavy atom. The molecule has 72 valence electrons. The average molecular weight is 187 g/mol. The second-order valence-electron chi connectivity index (χ2n) is 2.69. The van der Waals surface area contributed by atoms with E-state index in [9.17, 15) is 17.6 Å². The van der Waals surface area contributed by atoms with Gasteiger partial charge in [-0.3, -0.25) is 0 Å². The van der Waals surface area contributed by atoms with E-state index in [1.165, 1.54) is 0 Å². The molecule has 0 radical (unpaired) electrons. The normalized spacial score (nSPS) is 17.2. The molecule has 0 saturated heterocycles. The topological polar surface area (TPSA) is 44.1 Å². The van der Waals surface area contributed by atoms with Crippen LogP contribution in [-0.4, -0.2) is 29.3 Å². The molecule has 0 saturated carbocycles. The predicted octanol–water partition coefficient (Wildman–Crippen LogP) is 1.68. The van der Waals surface area contributed by atoms with Crippen molar-refractivity contribution in [3.8, 4) is 0 Å². The summed E-state index contributed by atoms with van der Waals surface area (Å²) in [6, 6.07) is 0. The van der Waals surface area contributed by atoms with E-state index in [4.69, 9.17) is 10.5 Å². The van der Waals surface area contributed by atoms with Crippen molar-refractivity contribution in [2.75, 3.05) is 6.67 Å². The zero-order valence-corrected chi connectivity index (χ0v) is 6.37. The number of aliphatic hydroxyl groups is 1. The molecule has 1 atom stereocenters. The van der Waals surface area contributed by atoms with E-state index in [0.717, 1.165) is 0 Å². The van der Waals surface area contributed by atoms with Crippen LogP contribution in [0.25, 0.3) is 0 Å². The first-order valence-electron chi connectivity index (χ1n) is 3.12. The zero-order chi connectivity index (χ0) is 9.99. The van der Waals surface area contributed by atoms with Crippen LogP contribution in [0.15, 0.2) is 0 Å². The minimum atomic E-state index is -4.82. The van der Waals surface area contributed by atoms with E-state index in [0.29, 0.717) is 6.92 Å². The van der Waals surface area contributed by atoms with Gasteiger partial charge in [-0.1, -0.05) is 0 Å². The van der Waals surface area contributed by atoms with Crippen LogP contribution in [0.4, 0.5) is 17.6 Å². The summed E-state index contributed by atoms with van der Waals surface area (Å²) in [5.74, 6) is 0. The first kappa shape index (κ1) is 11.4. The minimum absolute atomic E-state index is 0.511. The van der Waals surface area contributed by atoms with Gasteiger partial charge in [0.15, 0.2) is 5.60 Å². The monoisotopic (exact) mass is 187 g/mol. The van der Waals surface area contributed by atoms with Crippen molar-refractivity contribution in [2.45, 2.75) is 25.1 Å². The summed E-state index contributed by atoms with van der Waals surface area (Å²) in [6.45, 7) is -0.760. The first-order valence-corrected chi connectivity index (χ1v) is 3.12. The van der Waals surface area contributed by atoms with Gasteiger partial charge in [0.05, 0.1) is 0 Å². The van der Waals surface area contributed by atoms with Crippen molar-refractivity contribution in [3.05, 3.63) is 0 Å². The third kappa shape index (κ3) is 2.77. The van der Waals surface area contributed by atoms with Gasteiger partial charge in [0.2, 0.25) is 0 Å². The summed E-state index contributed by atoms with van der Waals surface area (Å²) in [7, 11) is 0. The lowest BCUT2D eigenvalue weighted by Gasteiger charge is -2.25. The average Bonchev–Trinajstić information content (AvgIpc) is 1.84. The Hall–Kier alpha value is -0.650. The molecule has 0 rings (SSSR count). The second-order valence-corrected chi connectivity index (χ2v) is 2.69. The molecule has 0 aromatic heterocycles. The summed E-state index contributed by atoms with van der Waals surface area (Å²) in [5.41, 5.74) is -3.77. The van der Waals surface area contributed by atoms with Crippen molar-refractivity contribution in [2.24, 2.45) is 0 Å². The van der Waals surface area contributed by atoms with Crippen LogP contribution in [0, 0.1) is 5.41 Å².